The van der Waals surface area contributed by atoms with Crippen LogP contribution in [0.2, 0.25) is 0 Å². The van der Waals surface area contributed by atoms with Crippen LogP contribution in [0.25, 0.3) is 0 Å². The number of Topliss-reactive ketones (excluding diaryl/α,β-unsaturated/α-hetero) is 2. The van der Waals surface area contributed by atoms with E-state index in [9.17, 15) is 39.3 Å². The zero-order valence-corrected chi connectivity index (χ0v) is 26.0. The van der Waals surface area contributed by atoms with Gasteiger partial charge in [-0.25, -0.2) is 4.79 Å². The van der Waals surface area contributed by atoms with Crippen LogP contribution in [0.4, 0.5) is 0 Å². The Morgan fingerprint density at radius 1 is 0.933 bits per heavy atom. The Bertz CT molecular complexity index is 1230. The van der Waals surface area contributed by atoms with Gasteiger partial charge < -0.3 is 41.9 Å². The molecule has 0 saturated heterocycles. The molecule has 0 bridgehead atoms. The van der Waals surface area contributed by atoms with Gasteiger partial charge in [-0.2, -0.15) is 8.42 Å². The Labute approximate surface area is 259 Å². The van der Waals surface area contributed by atoms with Crippen molar-refractivity contribution >= 4 is 39.9 Å². The molecule has 0 heterocycles. The van der Waals surface area contributed by atoms with E-state index in [1.54, 1.807) is 0 Å². The molecule has 0 unspecified atom stereocenters. The normalized spacial score (nSPS) is 35.4. The highest BCUT2D eigenvalue weighted by Crippen LogP contribution is 2.67. The highest BCUT2D eigenvalue weighted by molar-refractivity contribution is 7.79. The molecule has 0 amide bonds. The van der Waals surface area contributed by atoms with Crippen LogP contribution in [-0.4, -0.2) is 107 Å². The van der Waals surface area contributed by atoms with Crippen molar-refractivity contribution in [2.75, 3.05) is 6.61 Å². The fourth-order valence-corrected chi connectivity index (χ4v) is 8.36. The predicted octanol–water partition coefficient (Wildman–Crippen LogP) is 0.122. The molecule has 8 atom stereocenters. The minimum atomic E-state index is -4.67. The van der Waals surface area contributed by atoms with Crippen molar-refractivity contribution in [3.63, 3.8) is 0 Å². The van der Waals surface area contributed by atoms with E-state index in [2.05, 4.69) is 6.92 Å². The number of aliphatic hydroxyl groups is 4. The number of fused-ring (bicyclic) bond motifs is 5. The molecular weight excluding hydrogens is 626 g/mol. The third-order valence-electron chi connectivity index (χ3n) is 10.4. The lowest BCUT2D eigenvalue weighted by molar-refractivity contribution is -0.180. The summed E-state index contributed by atoms with van der Waals surface area (Å²) in [5.74, 6) is -4.64. The summed E-state index contributed by atoms with van der Waals surface area (Å²) in [6.07, 6.45) is 3.19. The molecule has 45 heavy (non-hydrogen) atoms. The summed E-state index contributed by atoms with van der Waals surface area (Å²) in [5.41, 5.74) is -5.14. The van der Waals surface area contributed by atoms with Crippen molar-refractivity contribution in [2.24, 2.45) is 34.5 Å². The summed E-state index contributed by atoms with van der Waals surface area (Å²) < 4.78 is 31.6. The number of aliphatic hydroxyl groups excluding tert-OH is 2. The summed E-state index contributed by atoms with van der Waals surface area (Å²) in [6.45, 7) is 3.46. The van der Waals surface area contributed by atoms with Gasteiger partial charge in [0.1, 0.15) is 18.0 Å². The van der Waals surface area contributed by atoms with E-state index in [4.69, 9.17) is 37.9 Å². The number of ketones is 2. The first kappa shape index (κ1) is 40.4. The van der Waals surface area contributed by atoms with Gasteiger partial charge in [-0.15, -0.1) is 0 Å². The van der Waals surface area contributed by atoms with Crippen LogP contribution in [0.15, 0.2) is 0 Å². The van der Waals surface area contributed by atoms with Crippen molar-refractivity contribution in [1.82, 2.24) is 6.15 Å². The van der Waals surface area contributed by atoms with Gasteiger partial charge >= 0.3 is 28.3 Å². The summed E-state index contributed by atoms with van der Waals surface area (Å²) >= 11 is 0. The van der Waals surface area contributed by atoms with E-state index >= 15 is 0 Å². The topological polar surface area (TPSA) is 337 Å². The van der Waals surface area contributed by atoms with Crippen LogP contribution in [0.1, 0.15) is 78.1 Å². The summed E-state index contributed by atoms with van der Waals surface area (Å²) in [7, 11) is -4.67. The second kappa shape index (κ2) is 14.5. The van der Waals surface area contributed by atoms with E-state index < -0.39 is 70.2 Å². The minimum absolute atomic E-state index is 0. The maximum atomic E-state index is 13.4. The van der Waals surface area contributed by atoms with Crippen molar-refractivity contribution in [3.05, 3.63) is 0 Å². The van der Waals surface area contributed by atoms with Gasteiger partial charge in [-0.05, 0) is 68.1 Å². The van der Waals surface area contributed by atoms with Crippen LogP contribution in [0, 0.1) is 34.5 Å². The number of carbonyl (C=O) groups is 5. The zero-order chi connectivity index (χ0) is 34.1. The van der Waals surface area contributed by atoms with E-state index in [-0.39, 0.29) is 47.6 Å². The average Bonchev–Trinajstić information content (AvgIpc) is 3.13. The van der Waals surface area contributed by atoms with Crippen molar-refractivity contribution in [1.29, 1.82) is 0 Å². The molecule has 4 aliphatic carbocycles. The van der Waals surface area contributed by atoms with Gasteiger partial charge in [-0.3, -0.25) is 28.3 Å². The summed E-state index contributed by atoms with van der Waals surface area (Å²) in [4.78, 5) is 56.2. The summed E-state index contributed by atoms with van der Waals surface area (Å²) in [5, 5.41) is 64.4. The highest BCUT2D eigenvalue weighted by Gasteiger charge is 2.68. The second-order valence-electron chi connectivity index (χ2n) is 12.9. The van der Waals surface area contributed by atoms with Crippen LogP contribution in [-0.2, 0) is 34.4 Å². The van der Waals surface area contributed by atoms with Crippen LogP contribution in [0.3, 0.4) is 0 Å². The Balaban J connectivity index is 0.000000450. The van der Waals surface area contributed by atoms with Gasteiger partial charge in [0.2, 0.25) is 0 Å². The summed E-state index contributed by atoms with van der Waals surface area (Å²) in [6, 6.07) is 0. The number of hydrogen-bond donors (Lipinski definition) is 10. The van der Waals surface area contributed by atoms with Crippen molar-refractivity contribution in [3.8, 4) is 0 Å². The second-order valence-corrected chi connectivity index (χ2v) is 13.8. The molecule has 12 N–H and O–H groups in total. The molecule has 4 saturated carbocycles. The van der Waals surface area contributed by atoms with Crippen molar-refractivity contribution < 1.29 is 77.2 Å². The fourth-order valence-electron chi connectivity index (χ4n) is 8.36. The largest absolute Gasteiger partial charge is 0.481 e. The first-order valence-electron chi connectivity index (χ1n) is 14.1. The third-order valence-corrected chi connectivity index (χ3v) is 10.4. The number of hydrogen-bond acceptors (Lipinski definition) is 12. The lowest BCUT2D eigenvalue weighted by Gasteiger charge is -2.60. The maximum Gasteiger partial charge on any atom is 0.394 e. The van der Waals surface area contributed by atoms with Gasteiger partial charge in [0.05, 0.1) is 18.9 Å². The third kappa shape index (κ3) is 8.62. The lowest BCUT2D eigenvalue weighted by Crippen LogP contribution is -2.62. The first-order valence-corrected chi connectivity index (χ1v) is 15.5. The van der Waals surface area contributed by atoms with Crippen LogP contribution >= 0.6 is 0 Å². The maximum absolute atomic E-state index is 13.4. The average molecular weight is 672 g/mol. The SMILES string of the molecule is C[C@]12CC[C@@H](O)C[C@H]1CC[C@@H]1[C@@H]2C(=O)C[C@@]2(C)[C@H]1CC[C@]2(O)C(=O)CO.N.O=C(O)CC(O)(CC(=O)O)C(=O)O.O=S(=O)(O)O. The molecule has 4 rings (SSSR count). The molecular formula is C27H45NO16S. The smallest absolute Gasteiger partial charge is 0.394 e. The predicted molar refractivity (Wildman–Crippen MR) is 151 cm³/mol. The Kier molecular flexibility index (Phi) is 13.0. The van der Waals surface area contributed by atoms with Gasteiger partial charge in [0.15, 0.2) is 11.4 Å². The first-order chi connectivity index (χ1) is 19.9. The molecule has 0 aliphatic heterocycles. The van der Waals surface area contributed by atoms with Gasteiger partial charge in [0.25, 0.3) is 0 Å². The Hall–Kier alpha value is -2.58. The van der Waals surface area contributed by atoms with Crippen LogP contribution in [0.5, 0.6) is 0 Å². The van der Waals surface area contributed by atoms with Crippen molar-refractivity contribution in [2.45, 2.75) is 95.4 Å². The lowest BCUT2D eigenvalue weighted by atomic mass is 9.44. The molecule has 0 radical (unpaired) electrons. The monoisotopic (exact) mass is 671 g/mol. The molecule has 4 fully saturated rings. The number of carboxylic acid groups (broad SMARTS) is 3. The Morgan fingerprint density at radius 2 is 1.44 bits per heavy atom. The number of rotatable bonds is 7. The number of carbonyl (C=O) groups excluding carboxylic acids is 2. The zero-order valence-electron chi connectivity index (χ0n) is 25.2. The molecule has 0 aromatic carbocycles. The molecule has 0 aromatic rings. The number of carboxylic acids is 3. The Morgan fingerprint density at radius 3 is 1.89 bits per heavy atom. The van der Waals surface area contributed by atoms with Gasteiger partial charge in [-0.1, -0.05) is 13.8 Å². The fraction of sp³-hybridized carbons (Fsp3) is 0.815. The molecule has 17 nitrogen and oxygen atoms in total. The minimum Gasteiger partial charge on any atom is -0.481 e. The number of aliphatic carboxylic acids is 3. The molecule has 0 aromatic heterocycles. The molecule has 260 valence electrons. The van der Waals surface area contributed by atoms with Gasteiger partial charge in [0, 0.05) is 17.8 Å². The molecule has 4 aliphatic rings. The van der Waals surface area contributed by atoms with E-state index in [0.29, 0.717) is 12.3 Å². The van der Waals surface area contributed by atoms with E-state index in [1.165, 1.54) is 0 Å². The molecule has 0 spiro atoms. The standard InChI is InChI=1S/C21H32O5.C6H8O7.H3N.H2O4S/c1-19-7-5-13(23)9-12(19)3-4-14-15-6-8-21(26,17(25)11-22)20(15,2)10-16(24)18(14)19;7-3(8)1-6(13,5(11)12)2-4(9)10;;1-5(2,3)4/h12-15,18,22-23,26H,3-11H2,1-2H3;13H,1-2H2,(H,7,8)(H,9,10)(H,11,12);1H3;(H2,1,2,3,4)/t12-,13-,14+,15+,18-,19+,20+,21+;;;/m1.../s1. The highest BCUT2D eigenvalue weighted by atomic mass is 32.3. The molecule has 18 heteroatoms. The van der Waals surface area contributed by atoms with E-state index in [0.717, 1.165) is 38.5 Å². The quantitative estimate of drug-likeness (QED) is 0.161. The van der Waals surface area contributed by atoms with E-state index in [1.807, 2.05) is 6.92 Å². The van der Waals surface area contributed by atoms with Crippen LogP contribution < -0.4 is 6.15 Å².